The summed E-state index contributed by atoms with van der Waals surface area (Å²) in [7, 11) is 0. The largest absolute Gasteiger partial charge is 0.369 e. The van der Waals surface area contributed by atoms with Crippen molar-refractivity contribution in [3.05, 3.63) is 24.8 Å². The number of anilines is 2. The van der Waals surface area contributed by atoms with Crippen molar-refractivity contribution in [1.29, 1.82) is 0 Å². The Morgan fingerprint density at radius 2 is 2.26 bits per heavy atom. The van der Waals surface area contributed by atoms with Gasteiger partial charge in [-0.1, -0.05) is 0 Å². The number of hydrogen-bond acceptors (Lipinski definition) is 5. The number of rotatable bonds is 3. The number of alkyl halides is 1. The first-order chi connectivity index (χ1) is 9.15. The number of aromatic nitrogens is 4. The molecule has 1 aliphatic rings. The van der Waals surface area contributed by atoms with E-state index in [0.717, 1.165) is 0 Å². The van der Waals surface area contributed by atoms with E-state index in [1.165, 1.54) is 12.5 Å². The summed E-state index contributed by atoms with van der Waals surface area (Å²) in [5.41, 5.74) is 5.65. The van der Waals surface area contributed by atoms with E-state index in [1.54, 1.807) is 16.8 Å². The zero-order chi connectivity index (χ0) is 13.4. The molecule has 19 heavy (non-hydrogen) atoms. The lowest BCUT2D eigenvalue weighted by molar-refractivity contribution is -0.117. The molecule has 8 heteroatoms. The van der Waals surface area contributed by atoms with E-state index in [0.29, 0.717) is 11.6 Å². The maximum absolute atomic E-state index is 12.8. The van der Waals surface area contributed by atoms with E-state index in [1.807, 2.05) is 0 Å². The Morgan fingerprint density at radius 3 is 2.89 bits per heavy atom. The molecule has 0 aromatic carbocycles. The third kappa shape index (κ3) is 2.24. The van der Waals surface area contributed by atoms with E-state index in [4.69, 9.17) is 5.73 Å². The maximum Gasteiger partial charge on any atom is 0.231 e. The average molecular weight is 262 g/mol. The van der Waals surface area contributed by atoms with Crippen LogP contribution >= 0.6 is 0 Å². The standard InChI is InChI=1S/C11H11FN6O/c12-7-3-6(7)10(19)17-8-4-9(16-5-15-8)18-2-1-14-11(18)13/h1-2,4-7H,3H2,(H2,13,14)(H,15,16,17,19)/t6-,7+/m0/s1. The lowest BCUT2D eigenvalue weighted by Crippen LogP contribution is -2.16. The highest BCUT2D eigenvalue weighted by Gasteiger charge is 2.43. The van der Waals surface area contributed by atoms with Crippen LogP contribution < -0.4 is 11.1 Å². The number of imidazole rings is 1. The molecular formula is C11H11FN6O. The van der Waals surface area contributed by atoms with Crippen molar-refractivity contribution in [2.24, 2.45) is 5.92 Å². The number of carbonyl (C=O) groups excluding carboxylic acids is 1. The fourth-order valence-corrected chi connectivity index (χ4v) is 1.71. The van der Waals surface area contributed by atoms with Crippen LogP contribution in [0.25, 0.3) is 5.82 Å². The molecule has 2 aromatic rings. The molecule has 0 unspecified atom stereocenters. The molecule has 1 saturated carbocycles. The molecule has 0 saturated heterocycles. The zero-order valence-corrected chi connectivity index (χ0v) is 9.82. The summed E-state index contributed by atoms with van der Waals surface area (Å²) >= 11 is 0. The van der Waals surface area contributed by atoms with Gasteiger partial charge in [0.15, 0.2) is 0 Å². The second kappa shape index (κ2) is 4.30. The van der Waals surface area contributed by atoms with Crippen LogP contribution in [-0.2, 0) is 4.79 Å². The van der Waals surface area contributed by atoms with Crippen LogP contribution in [0.15, 0.2) is 24.8 Å². The Hall–Kier alpha value is -2.51. The minimum atomic E-state index is -1.04. The van der Waals surface area contributed by atoms with Crippen molar-refractivity contribution >= 4 is 17.7 Å². The van der Waals surface area contributed by atoms with Gasteiger partial charge in [0.25, 0.3) is 0 Å². The van der Waals surface area contributed by atoms with Crippen LogP contribution in [0, 0.1) is 5.92 Å². The number of nitrogens with zero attached hydrogens (tertiary/aromatic N) is 4. The summed E-state index contributed by atoms with van der Waals surface area (Å²) in [4.78, 5) is 23.4. The molecule has 98 valence electrons. The number of halogens is 1. The van der Waals surface area contributed by atoms with Gasteiger partial charge >= 0.3 is 0 Å². The fraction of sp³-hybridized carbons (Fsp3) is 0.273. The first-order valence-electron chi connectivity index (χ1n) is 5.71. The average Bonchev–Trinajstić information content (AvgIpc) is 2.96. The van der Waals surface area contributed by atoms with Gasteiger partial charge in [-0.05, 0) is 6.42 Å². The molecule has 0 aliphatic heterocycles. The van der Waals surface area contributed by atoms with Crippen LogP contribution in [0.4, 0.5) is 16.2 Å². The van der Waals surface area contributed by atoms with E-state index in [2.05, 4.69) is 20.3 Å². The van der Waals surface area contributed by atoms with Crippen molar-refractivity contribution in [3.63, 3.8) is 0 Å². The van der Waals surface area contributed by atoms with Gasteiger partial charge < -0.3 is 11.1 Å². The first-order valence-corrected chi connectivity index (χ1v) is 5.71. The third-order valence-electron chi connectivity index (χ3n) is 2.87. The molecule has 0 bridgehead atoms. The summed E-state index contributed by atoms with van der Waals surface area (Å²) in [5.74, 6) is 0.143. The lowest BCUT2D eigenvalue weighted by atomic mass is 10.4. The minimum Gasteiger partial charge on any atom is -0.369 e. The molecule has 2 atom stereocenters. The number of nitrogens with one attached hydrogen (secondary N) is 1. The SMILES string of the molecule is Nc1nccn1-c1cc(NC(=O)[C@H]2C[C@H]2F)ncn1. The molecule has 0 spiro atoms. The predicted molar refractivity (Wildman–Crippen MR) is 65.2 cm³/mol. The number of nitrogen functional groups attached to an aromatic ring is 1. The van der Waals surface area contributed by atoms with Gasteiger partial charge in [-0.2, -0.15) is 0 Å². The predicted octanol–water partition coefficient (Wildman–Crippen LogP) is 0.541. The van der Waals surface area contributed by atoms with Crippen molar-refractivity contribution in [1.82, 2.24) is 19.5 Å². The highest BCUT2D eigenvalue weighted by molar-refractivity contribution is 5.94. The fourth-order valence-electron chi connectivity index (χ4n) is 1.71. The Morgan fingerprint density at radius 1 is 1.47 bits per heavy atom. The van der Waals surface area contributed by atoms with Crippen LogP contribution in [0.3, 0.4) is 0 Å². The monoisotopic (exact) mass is 262 g/mol. The molecule has 1 amide bonds. The van der Waals surface area contributed by atoms with E-state index in [-0.39, 0.29) is 18.3 Å². The quantitative estimate of drug-likeness (QED) is 0.841. The molecule has 3 rings (SSSR count). The highest BCUT2D eigenvalue weighted by Crippen LogP contribution is 2.34. The summed E-state index contributed by atoms with van der Waals surface area (Å²) in [5, 5.41) is 2.55. The van der Waals surface area contributed by atoms with Crippen molar-refractivity contribution in [2.75, 3.05) is 11.1 Å². The zero-order valence-electron chi connectivity index (χ0n) is 9.82. The molecule has 0 radical (unpaired) electrons. The second-order valence-electron chi connectivity index (χ2n) is 4.26. The summed E-state index contributed by atoms with van der Waals surface area (Å²) in [6.45, 7) is 0. The van der Waals surface area contributed by atoms with Crippen molar-refractivity contribution in [2.45, 2.75) is 12.6 Å². The Kier molecular flexibility index (Phi) is 2.62. The molecule has 7 nitrogen and oxygen atoms in total. The highest BCUT2D eigenvalue weighted by atomic mass is 19.1. The molecule has 1 fully saturated rings. The van der Waals surface area contributed by atoms with Gasteiger partial charge in [-0.3, -0.25) is 9.36 Å². The van der Waals surface area contributed by atoms with E-state index < -0.39 is 12.1 Å². The van der Waals surface area contributed by atoms with Gasteiger partial charge in [0.05, 0.1) is 5.92 Å². The number of nitrogens with two attached hydrogens (primary N) is 1. The van der Waals surface area contributed by atoms with Gasteiger partial charge in [0.1, 0.15) is 24.1 Å². The molecule has 1 aliphatic carbocycles. The van der Waals surface area contributed by atoms with Crippen molar-refractivity contribution in [3.8, 4) is 5.82 Å². The van der Waals surface area contributed by atoms with E-state index in [9.17, 15) is 9.18 Å². The van der Waals surface area contributed by atoms with E-state index >= 15 is 0 Å². The van der Waals surface area contributed by atoms with Crippen LogP contribution in [0.2, 0.25) is 0 Å². The summed E-state index contributed by atoms with van der Waals surface area (Å²) < 4.78 is 14.3. The Bertz CT molecular complexity index is 627. The van der Waals surface area contributed by atoms with Crippen LogP contribution in [-0.4, -0.2) is 31.6 Å². The maximum atomic E-state index is 12.8. The molecular weight excluding hydrogens is 251 g/mol. The Balaban J connectivity index is 1.80. The normalized spacial score (nSPS) is 21.1. The molecule has 2 heterocycles. The first kappa shape index (κ1) is 11.6. The van der Waals surface area contributed by atoms with Gasteiger partial charge in [0.2, 0.25) is 11.9 Å². The lowest BCUT2D eigenvalue weighted by Gasteiger charge is -2.06. The van der Waals surface area contributed by atoms with Crippen LogP contribution in [0.5, 0.6) is 0 Å². The smallest absolute Gasteiger partial charge is 0.231 e. The molecule has 3 N–H and O–H groups in total. The summed E-state index contributed by atoms with van der Waals surface area (Å²) in [6.07, 6.45) is 3.71. The topological polar surface area (TPSA) is 98.7 Å². The Labute approximate surface area is 107 Å². The van der Waals surface area contributed by atoms with Crippen LogP contribution in [0.1, 0.15) is 6.42 Å². The second-order valence-corrected chi connectivity index (χ2v) is 4.26. The van der Waals surface area contributed by atoms with Gasteiger partial charge in [0, 0.05) is 18.5 Å². The number of amides is 1. The van der Waals surface area contributed by atoms with Crippen molar-refractivity contribution < 1.29 is 9.18 Å². The minimum absolute atomic E-state index is 0.276. The number of carbonyl (C=O) groups is 1. The molecule has 2 aromatic heterocycles. The van der Waals surface area contributed by atoms with Gasteiger partial charge in [-0.25, -0.2) is 19.3 Å². The third-order valence-corrected chi connectivity index (χ3v) is 2.87. The summed E-state index contributed by atoms with van der Waals surface area (Å²) in [6, 6.07) is 1.55. The number of hydrogen-bond donors (Lipinski definition) is 2. The van der Waals surface area contributed by atoms with Gasteiger partial charge in [-0.15, -0.1) is 0 Å².